The van der Waals surface area contributed by atoms with Crippen LogP contribution in [-0.4, -0.2) is 6.54 Å². The van der Waals surface area contributed by atoms with Crippen LogP contribution in [0.5, 0.6) is 0 Å². The van der Waals surface area contributed by atoms with Crippen LogP contribution in [0.15, 0.2) is 18.2 Å². The summed E-state index contributed by atoms with van der Waals surface area (Å²) in [6.07, 6.45) is 0.225. The van der Waals surface area contributed by atoms with Gasteiger partial charge in [-0.05, 0) is 18.2 Å². The molecule has 0 unspecified atom stereocenters. The number of rotatable bonds is 2. The molecule has 0 aromatic heterocycles. The Kier molecular flexibility index (Phi) is 5.12. The van der Waals surface area contributed by atoms with Gasteiger partial charge in [0.15, 0.2) is 0 Å². The molecule has 0 aliphatic carbocycles. The third-order valence-corrected chi connectivity index (χ3v) is 1.67. The molecule has 0 spiro atoms. The summed E-state index contributed by atoms with van der Waals surface area (Å²) in [5.41, 5.74) is -1.16. The second-order valence-corrected chi connectivity index (χ2v) is 2.75. The van der Waals surface area contributed by atoms with Crippen molar-refractivity contribution >= 4 is 18.1 Å². The van der Waals surface area contributed by atoms with E-state index in [0.29, 0.717) is 6.07 Å². The van der Waals surface area contributed by atoms with Gasteiger partial charge in [-0.15, -0.1) is 18.8 Å². The summed E-state index contributed by atoms with van der Waals surface area (Å²) in [6.45, 7) is 0.0862. The van der Waals surface area contributed by atoms with Crippen LogP contribution in [0.1, 0.15) is 5.56 Å². The van der Waals surface area contributed by atoms with Crippen molar-refractivity contribution in [2.75, 3.05) is 11.9 Å². The minimum atomic E-state index is -4.70. The van der Waals surface area contributed by atoms with E-state index in [1.807, 2.05) is 0 Å². The first-order valence-electron chi connectivity index (χ1n) is 3.99. The summed E-state index contributed by atoms with van der Waals surface area (Å²) in [5, 5.41) is 2.53. The first-order chi connectivity index (χ1) is 6.95. The van der Waals surface area contributed by atoms with Crippen LogP contribution < -0.4 is 5.32 Å². The molecule has 0 radical (unpaired) electrons. The molecule has 16 heavy (non-hydrogen) atoms. The Labute approximate surface area is 96.3 Å². The van der Waals surface area contributed by atoms with Gasteiger partial charge in [0.05, 0.1) is 12.1 Å². The number of halogens is 5. The van der Waals surface area contributed by atoms with Gasteiger partial charge in [-0.2, -0.15) is 13.2 Å². The number of terminal acetylenes is 1. The molecule has 0 heterocycles. The molecule has 0 bridgehead atoms. The maximum absolute atomic E-state index is 12.8. The molecule has 0 atom stereocenters. The fourth-order valence-corrected chi connectivity index (χ4v) is 1.01. The number of nitrogens with one attached hydrogen (secondary N) is 1. The van der Waals surface area contributed by atoms with Crippen molar-refractivity contribution in [3.05, 3.63) is 29.6 Å². The van der Waals surface area contributed by atoms with Gasteiger partial charge in [-0.1, -0.05) is 5.92 Å². The average Bonchev–Trinajstić information content (AvgIpc) is 2.15. The highest BCUT2D eigenvalue weighted by atomic mass is 35.5. The zero-order chi connectivity index (χ0) is 11.5. The van der Waals surface area contributed by atoms with Gasteiger partial charge in [0.25, 0.3) is 0 Å². The second kappa shape index (κ2) is 5.61. The first kappa shape index (κ1) is 14.6. The molecule has 1 nitrogen and oxygen atoms in total. The molecule has 0 saturated heterocycles. The SMILES string of the molecule is C#CCNc1ccc(F)c(C(F)(F)F)c1.Cl. The van der Waals surface area contributed by atoms with E-state index in [0.717, 1.165) is 6.07 Å². The Morgan fingerprint density at radius 2 is 1.94 bits per heavy atom. The van der Waals surface area contributed by atoms with Crippen molar-refractivity contribution in [3.63, 3.8) is 0 Å². The van der Waals surface area contributed by atoms with Crippen molar-refractivity contribution in [2.45, 2.75) is 6.18 Å². The topological polar surface area (TPSA) is 12.0 Å². The Hall–Kier alpha value is -1.41. The van der Waals surface area contributed by atoms with Crippen molar-refractivity contribution in [3.8, 4) is 12.3 Å². The van der Waals surface area contributed by atoms with Gasteiger partial charge in [-0.25, -0.2) is 4.39 Å². The zero-order valence-electron chi connectivity index (χ0n) is 7.94. The minimum Gasteiger partial charge on any atom is -0.374 e. The smallest absolute Gasteiger partial charge is 0.374 e. The van der Waals surface area contributed by atoms with Crippen molar-refractivity contribution < 1.29 is 17.6 Å². The zero-order valence-corrected chi connectivity index (χ0v) is 8.75. The lowest BCUT2D eigenvalue weighted by Crippen LogP contribution is -2.09. The maximum atomic E-state index is 12.8. The fourth-order valence-electron chi connectivity index (χ4n) is 1.01. The van der Waals surface area contributed by atoms with Crippen LogP contribution >= 0.6 is 12.4 Å². The van der Waals surface area contributed by atoms with Gasteiger partial charge in [0.2, 0.25) is 0 Å². The third-order valence-electron chi connectivity index (χ3n) is 1.67. The Morgan fingerprint density at radius 1 is 1.31 bits per heavy atom. The molecular weight excluding hydrogens is 246 g/mol. The predicted molar refractivity (Wildman–Crippen MR) is 56.0 cm³/mol. The monoisotopic (exact) mass is 253 g/mol. The highest BCUT2D eigenvalue weighted by Crippen LogP contribution is 2.32. The summed E-state index contributed by atoms with van der Waals surface area (Å²) < 4.78 is 49.5. The number of alkyl halides is 3. The number of hydrogen-bond acceptors (Lipinski definition) is 1. The number of benzene rings is 1. The van der Waals surface area contributed by atoms with E-state index in [1.165, 1.54) is 6.07 Å². The van der Waals surface area contributed by atoms with Crippen molar-refractivity contribution in [1.82, 2.24) is 0 Å². The van der Waals surface area contributed by atoms with Gasteiger partial charge < -0.3 is 5.32 Å². The van der Waals surface area contributed by atoms with Crippen molar-refractivity contribution in [2.24, 2.45) is 0 Å². The predicted octanol–water partition coefficient (Wildman–Crippen LogP) is 3.31. The van der Waals surface area contributed by atoms with E-state index < -0.39 is 17.6 Å². The molecule has 1 rings (SSSR count). The van der Waals surface area contributed by atoms with Crippen LogP contribution in [0.2, 0.25) is 0 Å². The molecule has 1 aromatic rings. The summed E-state index contributed by atoms with van der Waals surface area (Å²) in [5.74, 6) is 0.905. The highest BCUT2D eigenvalue weighted by molar-refractivity contribution is 5.85. The molecule has 6 heteroatoms. The Balaban J connectivity index is 0.00000225. The molecule has 0 fully saturated rings. The van der Waals surface area contributed by atoms with Gasteiger partial charge in [-0.3, -0.25) is 0 Å². The summed E-state index contributed by atoms with van der Waals surface area (Å²) in [4.78, 5) is 0. The molecule has 88 valence electrons. The lowest BCUT2D eigenvalue weighted by Gasteiger charge is -2.10. The van der Waals surface area contributed by atoms with E-state index in [1.54, 1.807) is 0 Å². The maximum Gasteiger partial charge on any atom is 0.419 e. The largest absolute Gasteiger partial charge is 0.419 e. The molecule has 0 amide bonds. The summed E-state index contributed by atoms with van der Waals surface area (Å²) in [7, 11) is 0. The minimum absolute atomic E-state index is 0. The molecular formula is C10H8ClF4N. The summed E-state index contributed by atoms with van der Waals surface area (Å²) in [6, 6.07) is 2.64. The third kappa shape index (κ3) is 3.63. The van der Waals surface area contributed by atoms with Crippen LogP contribution in [0, 0.1) is 18.2 Å². The lowest BCUT2D eigenvalue weighted by atomic mass is 10.2. The highest BCUT2D eigenvalue weighted by Gasteiger charge is 2.34. The Morgan fingerprint density at radius 3 is 2.44 bits per heavy atom. The van der Waals surface area contributed by atoms with Crippen LogP contribution in [0.3, 0.4) is 0 Å². The molecule has 1 N–H and O–H groups in total. The van der Waals surface area contributed by atoms with E-state index >= 15 is 0 Å². The second-order valence-electron chi connectivity index (χ2n) is 2.75. The van der Waals surface area contributed by atoms with Crippen LogP contribution in [0.25, 0.3) is 0 Å². The van der Waals surface area contributed by atoms with E-state index in [4.69, 9.17) is 6.42 Å². The molecule has 0 saturated carbocycles. The fraction of sp³-hybridized carbons (Fsp3) is 0.200. The summed E-state index contributed by atoms with van der Waals surface area (Å²) >= 11 is 0. The number of hydrogen-bond donors (Lipinski definition) is 1. The molecule has 1 aromatic carbocycles. The quantitative estimate of drug-likeness (QED) is 0.630. The first-order valence-corrected chi connectivity index (χ1v) is 3.99. The van der Waals surface area contributed by atoms with E-state index in [-0.39, 0.29) is 24.6 Å². The van der Waals surface area contributed by atoms with Crippen molar-refractivity contribution in [1.29, 1.82) is 0 Å². The molecule has 0 aliphatic rings. The molecule has 0 aliphatic heterocycles. The average molecular weight is 254 g/mol. The van der Waals surface area contributed by atoms with E-state index in [2.05, 4.69) is 11.2 Å². The standard InChI is InChI=1S/C10H7F4N.ClH/c1-2-5-15-7-3-4-9(11)8(6-7)10(12,13)14;/h1,3-4,6,15H,5H2;1H. The van der Waals surface area contributed by atoms with Gasteiger partial charge >= 0.3 is 6.18 Å². The van der Waals surface area contributed by atoms with Crippen LogP contribution in [0.4, 0.5) is 23.2 Å². The van der Waals surface area contributed by atoms with Crippen LogP contribution in [-0.2, 0) is 6.18 Å². The van der Waals surface area contributed by atoms with E-state index in [9.17, 15) is 17.6 Å². The number of anilines is 1. The van der Waals surface area contributed by atoms with Gasteiger partial charge in [0.1, 0.15) is 5.82 Å². The normalized spacial score (nSPS) is 10.2. The Bertz CT molecular complexity index is 395. The van der Waals surface area contributed by atoms with Gasteiger partial charge in [0, 0.05) is 5.69 Å². The lowest BCUT2D eigenvalue weighted by molar-refractivity contribution is -0.139.